The van der Waals surface area contributed by atoms with E-state index in [0.29, 0.717) is 6.54 Å². The number of benzene rings is 1. The van der Waals surface area contributed by atoms with E-state index in [2.05, 4.69) is 12.6 Å². The first kappa shape index (κ1) is 9.92. The molecular formula is C9H11NO2S. The lowest BCUT2D eigenvalue weighted by Gasteiger charge is -2.13. The molecule has 0 unspecified atom stereocenters. The maximum atomic E-state index is 10.5. The van der Waals surface area contributed by atoms with Gasteiger partial charge in [0.1, 0.15) is 0 Å². The highest BCUT2D eigenvalue weighted by Crippen LogP contribution is 2.14. The third-order valence-corrected chi connectivity index (χ3v) is 2.16. The Morgan fingerprint density at radius 3 is 2.69 bits per heavy atom. The molecule has 1 rings (SSSR count). The Bertz CT molecular complexity index is 314. The summed E-state index contributed by atoms with van der Waals surface area (Å²) in [5.74, 6) is 0. The average molecular weight is 197 g/mol. The molecule has 0 aromatic heterocycles. The van der Waals surface area contributed by atoms with Crippen LogP contribution in [0.4, 0.5) is 4.79 Å². The molecule has 4 heteroatoms. The van der Waals surface area contributed by atoms with Crippen molar-refractivity contribution in [2.75, 3.05) is 7.05 Å². The van der Waals surface area contributed by atoms with Gasteiger partial charge < -0.3 is 10.0 Å². The second-order valence-corrected chi connectivity index (χ2v) is 3.25. The monoisotopic (exact) mass is 197 g/mol. The van der Waals surface area contributed by atoms with Crippen molar-refractivity contribution in [2.45, 2.75) is 11.4 Å². The maximum absolute atomic E-state index is 10.5. The van der Waals surface area contributed by atoms with Crippen molar-refractivity contribution < 1.29 is 9.90 Å². The summed E-state index contributed by atoms with van der Waals surface area (Å²) in [5, 5.41) is 8.64. The van der Waals surface area contributed by atoms with Gasteiger partial charge in [-0.05, 0) is 11.6 Å². The van der Waals surface area contributed by atoms with E-state index in [9.17, 15) is 4.79 Å². The van der Waals surface area contributed by atoms with Gasteiger partial charge in [0.15, 0.2) is 0 Å². The van der Waals surface area contributed by atoms with Crippen LogP contribution in [-0.2, 0) is 6.54 Å². The van der Waals surface area contributed by atoms with E-state index in [-0.39, 0.29) is 0 Å². The Labute approximate surface area is 82.4 Å². The molecule has 0 aliphatic rings. The minimum atomic E-state index is -0.934. The highest BCUT2D eigenvalue weighted by Gasteiger charge is 2.07. The molecule has 3 nitrogen and oxygen atoms in total. The van der Waals surface area contributed by atoms with Gasteiger partial charge >= 0.3 is 6.09 Å². The quantitative estimate of drug-likeness (QED) is 0.713. The molecule has 0 aliphatic heterocycles. The minimum Gasteiger partial charge on any atom is -0.465 e. The van der Waals surface area contributed by atoms with E-state index in [4.69, 9.17) is 5.11 Å². The van der Waals surface area contributed by atoms with Gasteiger partial charge in [0.25, 0.3) is 0 Å². The Balaban J connectivity index is 2.74. The van der Waals surface area contributed by atoms with Crippen LogP contribution in [0, 0.1) is 0 Å². The van der Waals surface area contributed by atoms with E-state index >= 15 is 0 Å². The second kappa shape index (κ2) is 4.18. The van der Waals surface area contributed by atoms with Crippen molar-refractivity contribution in [1.82, 2.24) is 4.90 Å². The van der Waals surface area contributed by atoms with E-state index in [1.165, 1.54) is 11.9 Å². The standard InChI is InChI=1S/C9H11NO2S/c1-10(9(11)12)6-7-4-2-3-5-8(7)13/h2-5,13H,6H2,1H3,(H,11,12). The molecule has 1 amide bonds. The van der Waals surface area contributed by atoms with Gasteiger partial charge in [0.05, 0.1) is 0 Å². The molecule has 0 saturated heterocycles. The number of carboxylic acid groups (broad SMARTS) is 1. The van der Waals surface area contributed by atoms with E-state index in [0.717, 1.165) is 10.5 Å². The smallest absolute Gasteiger partial charge is 0.407 e. The first-order valence-electron chi connectivity index (χ1n) is 3.82. The molecule has 0 saturated carbocycles. The first-order chi connectivity index (χ1) is 6.11. The van der Waals surface area contributed by atoms with Crippen LogP contribution < -0.4 is 0 Å². The fourth-order valence-electron chi connectivity index (χ4n) is 0.968. The normalized spacial score (nSPS) is 9.69. The molecule has 70 valence electrons. The number of carbonyl (C=O) groups is 1. The van der Waals surface area contributed by atoms with Gasteiger partial charge in [0, 0.05) is 18.5 Å². The van der Waals surface area contributed by atoms with Gasteiger partial charge in [-0.2, -0.15) is 0 Å². The zero-order valence-corrected chi connectivity index (χ0v) is 8.16. The van der Waals surface area contributed by atoms with E-state index in [1.54, 1.807) is 0 Å². The molecule has 1 aromatic carbocycles. The van der Waals surface area contributed by atoms with E-state index < -0.39 is 6.09 Å². The van der Waals surface area contributed by atoms with Crippen LogP contribution in [0.1, 0.15) is 5.56 Å². The Morgan fingerprint density at radius 2 is 2.15 bits per heavy atom. The molecular weight excluding hydrogens is 186 g/mol. The number of thiol groups is 1. The number of hydrogen-bond acceptors (Lipinski definition) is 2. The Morgan fingerprint density at radius 1 is 1.54 bits per heavy atom. The molecule has 0 radical (unpaired) electrons. The third kappa shape index (κ3) is 2.66. The molecule has 0 spiro atoms. The van der Waals surface area contributed by atoms with Crippen molar-refractivity contribution in [3.8, 4) is 0 Å². The second-order valence-electron chi connectivity index (χ2n) is 2.77. The zero-order valence-electron chi connectivity index (χ0n) is 7.27. The zero-order chi connectivity index (χ0) is 9.84. The third-order valence-electron chi connectivity index (χ3n) is 1.73. The van der Waals surface area contributed by atoms with Gasteiger partial charge in [-0.3, -0.25) is 0 Å². The molecule has 13 heavy (non-hydrogen) atoms. The average Bonchev–Trinajstić information content (AvgIpc) is 2.08. The SMILES string of the molecule is CN(Cc1ccccc1S)C(=O)O. The van der Waals surface area contributed by atoms with Crippen molar-refractivity contribution in [3.05, 3.63) is 29.8 Å². The van der Waals surface area contributed by atoms with Crippen molar-refractivity contribution in [3.63, 3.8) is 0 Å². The topological polar surface area (TPSA) is 40.5 Å². The number of nitrogens with zero attached hydrogens (tertiary/aromatic N) is 1. The molecule has 0 bridgehead atoms. The lowest BCUT2D eigenvalue weighted by Crippen LogP contribution is -2.24. The first-order valence-corrected chi connectivity index (χ1v) is 4.27. The molecule has 0 fully saturated rings. The summed E-state index contributed by atoms with van der Waals surface area (Å²) in [6, 6.07) is 7.44. The molecule has 0 atom stereocenters. The van der Waals surface area contributed by atoms with Crippen molar-refractivity contribution in [1.29, 1.82) is 0 Å². The van der Waals surface area contributed by atoms with Crippen LogP contribution in [0.2, 0.25) is 0 Å². The maximum Gasteiger partial charge on any atom is 0.407 e. The van der Waals surface area contributed by atoms with Gasteiger partial charge in [-0.15, -0.1) is 12.6 Å². The summed E-state index contributed by atoms with van der Waals surface area (Å²) in [7, 11) is 1.53. The minimum absolute atomic E-state index is 0.370. The summed E-state index contributed by atoms with van der Waals surface area (Å²) in [6.07, 6.45) is -0.934. The van der Waals surface area contributed by atoms with Crippen LogP contribution in [-0.4, -0.2) is 23.1 Å². The summed E-state index contributed by atoms with van der Waals surface area (Å²) in [6.45, 7) is 0.370. The van der Waals surface area contributed by atoms with Crippen LogP contribution in [0.25, 0.3) is 0 Å². The summed E-state index contributed by atoms with van der Waals surface area (Å²) < 4.78 is 0. The fraction of sp³-hybridized carbons (Fsp3) is 0.222. The lowest BCUT2D eigenvalue weighted by molar-refractivity contribution is 0.153. The van der Waals surface area contributed by atoms with Crippen molar-refractivity contribution in [2.24, 2.45) is 0 Å². The van der Waals surface area contributed by atoms with Crippen LogP contribution in [0.5, 0.6) is 0 Å². The Hall–Kier alpha value is -1.16. The molecule has 1 aromatic rings. The predicted octanol–water partition coefficient (Wildman–Crippen LogP) is 2.09. The highest BCUT2D eigenvalue weighted by atomic mass is 32.1. The van der Waals surface area contributed by atoms with Crippen molar-refractivity contribution >= 4 is 18.7 Å². The van der Waals surface area contributed by atoms with Gasteiger partial charge in [-0.25, -0.2) is 4.79 Å². The van der Waals surface area contributed by atoms with E-state index in [1.807, 2.05) is 24.3 Å². The van der Waals surface area contributed by atoms with Crippen LogP contribution in [0.15, 0.2) is 29.2 Å². The van der Waals surface area contributed by atoms with Gasteiger partial charge in [0.2, 0.25) is 0 Å². The largest absolute Gasteiger partial charge is 0.465 e. The number of amides is 1. The molecule has 0 heterocycles. The number of rotatable bonds is 2. The highest BCUT2D eigenvalue weighted by molar-refractivity contribution is 7.80. The fourth-order valence-corrected chi connectivity index (χ4v) is 1.20. The van der Waals surface area contributed by atoms with Crippen LogP contribution in [0.3, 0.4) is 0 Å². The van der Waals surface area contributed by atoms with Crippen LogP contribution >= 0.6 is 12.6 Å². The number of hydrogen-bond donors (Lipinski definition) is 2. The summed E-state index contributed by atoms with van der Waals surface area (Å²) in [4.78, 5) is 12.5. The predicted molar refractivity (Wildman–Crippen MR) is 53.2 cm³/mol. The Kier molecular flexibility index (Phi) is 3.19. The van der Waals surface area contributed by atoms with Gasteiger partial charge in [-0.1, -0.05) is 18.2 Å². The summed E-state index contributed by atoms with van der Waals surface area (Å²) in [5.41, 5.74) is 0.913. The summed E-state index contributed by atoms with van der Waals surface area (Å²) >= 11 is 4.22. The molecule has 1 N–H and O–H groups in total. The molecule has 0 aliphatic carbocycles. The lowest BCUT2D eigenvalue weighted by atomic mass is 10.2.